The summed E-state index contributed by atoms with van der Waals surface area (Å²) in [4.78, 5) is 10.2. The minimum Gasteiger partial charge on any atom is -0.456 e. The van der Waals surface area contributed by atoms with Gasteiger partial charge in [-0.1, -0.05) is 48.7 Å². The van der Waals surface area contributed by atoms with Gasteiger partial charge in [-0.3, -0.25) is 0 Å². The molecular weight excluding hydrogens is 773 g/mol. The predicted molar refractivity (Wildman–Crippen MR) is 192 cm³/mol. The third-order valence-electron chi connectivity index (χ3n) is 7.93. The van der Waals surface area contributed by atoms with Crippen molar-refractivity contribution in [2.24, 2.45) is 11.8 Å². The monoisotopic (exact) mass is 808 g/mol. The number of ether oxygens (including phenoxy) is 4. The van der Waals surface area contributed by atoms with E-state index in [0.717, 1.165) is 44.0 Å². The van der Waals surface area contributed by atoms with Crippen LogP contribution in [0, 0.1) is 11.8 Å². The average molecular weight is 810 g/mol. The maximum Gasteiger partial charge on any atom is 0.573 e. The third-order valence-corrected chi connectivity index (χ3v) is 9.03. The SMILES string of the molecule is CC1CCN(c2nccc(Oc3ccc(OC(F)(F)F)cc3)c2Cl)CC1.CC1CCNCC1.FC(F)(F)Oc1ccc(Oc2ccnc(Cl)c2Cl)cc1. The number of hydrogen-bond donors (Lipinski definition) is 1. The maximum atomic E-state index is 12.2. The third kappa shape index (κ3) is 14.5. The lowest BCUT2D eigenvalue weighted by molar-refractivity contribution is -0.275. The second-order valence-electron chi connectivity index (χ2n) is 12.2. The maximum absolute atomic E-state index is 12.2. The van der Waals surface area contributed by atoms with Crippen LogP contribution in [0.5, 0.6) is 34.5 Å². The Labute approximate surface area is 318 Å². The van der Waals surface area contributed by atoms with Gasteiger partial charge in [0, 0.05) is 37.6 Å². The van der Waals surface area contributed by atoms with Crippen LogP contribution in [0.1, 0.15) is 39.5 Å². The molecule has 0 radical (unpaired) electrons. The molecule has 0 unspecified atom stereocenters. The van der Waals surface area contributed by atoms with Crippen molar-refractivity contribution in [1.29, 1.82) is 0 Å². The summed E-state index contributed by atoms with van der Waals surface area (Å²) in [6.45, 7) is 8.77. The highest BCUT2D eigenvalue weighted by Crippen LogP contribution is 2.38. The molecule has 2 fully saturated rings. The quantitative estimate of drug-likeness (QED) is 0.146. The first-order chi connectivity index (χ1) is 25.1. The molecule has 0 atom stereocenters. The molecule has 6 rings (SSSR count). The molecule has 288 valence electrons. The summed E-state index contributed by atoms with van der Waals surface area (Å²) in [7, 11) is 0. The normalized spacial score (nSPS) is 15.3. The van der Waals surface area contributed by atoms with Gasteiger partial charge < -0.3 is 29.2 Å². The molecule has 17 heteroatoms. The van der Waals surface area contributed by atoms with Crippen LogP contribution in [0.25, 0.3) is 0 Å². The number of benzene rings is 2. The first kappa shape index (κ1) is 41.9. The van der Waals surface area contributed by atoms with Gasteiger partial charge in [-0.2, -0.15) is 0 Å². The van der Waals surface area contributed by atoms with E-state index in [9.17, 15) is 26.3 Å². The van der Waals surface area contributed by atoms with E-state index >= 15 is 0 Å². The second-order valence-corrected chi connectivity index (χ2v) is 13.3. The molecule has 8 nitrogen and oxygen atoms in total. The lowest BCUT2D eigenvalue weighted by atomic mass is 9.99. The Morgan fingerprint density at radius 3 is 1.45 bits per heavy atom. The van der Waals surface area contributed by atoms with E-state index in [-0.39, 0.29) is 33.2 Å². The van der Waals surface area contributed by atoms with Gasteiger partial charge in [-0.15, -0.1) is 26.3 Å². The number of aromatic nitrogens is 2. The number of nitrogens with one attached hydrogen (secondary N) is 1. The van der Waals surface area contributed by atoms with E-state index in [4.69, 9.17) is 44.3 Å². The summed E-state index contributed by atoms with van der Waals surface area (Å²) >= 11 is 18.0. The van der Waals surface area contributed by atoms with Crippen molar-refractivity contribution in [3.8, 4) is 34.5 Å². The van der Waals surface area contributed by atoms with E-state index in [1.165, 1.54) is 74.6 Å². The van der Waals surface area contributed by atoms with Crippen LogP contribution in [0.2, 0.25) is 15.2 Å². The van der Waals surface area contributed by atoms with Crippen molar-refractivity contribution in [1.82, 2.24) is 15.3 Å². The fourth-order valence-corrected chi connectivity index (χ4v) is 5.62. The molecule has 0 saturated carbocycles. The highest BCUT2D eigenvalue weighted by Gasteiger charge is 2.32. The van der Waals surface area contributed by atoms with Gasteiger partial charge in [0.25, 0.3) is 0 Å². The van der Waals surface area contributed by atoms with Crippen LogP contribution in [0.3, 0.4) is 0 Å². The van der Waals surface area contributed by atoms with E-state index in [1.54, 1.807) is 12.3 Å². The smallest absolute Gasteiger partial charge is 0.456 e. The van der Waals surface area contributed by atoms with Crippen LogP contribution in [0.15, 0.2) is 73.1 Å². The van der Waals surface area contributed by atoms with Crippen LogP contribution < -0.4 is 29.2 Å². The Morgan fingerprint density at radius 2 is 1.02 bits per heavy atom. The Bertz CT molecular complexity index is 1720. The number of halogens is 9. The zero-order valence-corrected chi connectivity index (χ0v) is 30.9. The average Bonchev–Trinajstić information content (AvgIpc) is 3.10. The second kappa shape index (κ2) is 19.5. The van der Waals surface area contributed by atoms with Crippen molar-refractivity contribution in [2.75, 3.05) is 31.1 Å². The number of rotatable bonds is 7. The van der Waals surface area contributed by atoms with Crippen LogP contribution in [-0.4, -0.2) is 48.9 Å². The Kier molecular flexibility index (Phi) is 15.4. The summed E-state index contributed by atoms with van der Waals surface area (Å²) < 4.78 is 91.3. The molecule has 2 saturated heterocycles. The van der Waals surface area contributed by atoms with Gasteiger partial charge in [-0.05, 0) is 99.1 Å². The molecule has 53 heavy (non-hydrogen) atoms. The van der Waals surface area contributed by atoms with Crippen LogP contribution in [-0.2, 0) is 0 Å². The van der Waals surface area contributed by atoms with Gasteiger partial charge in [0.05, 0.1) is 0 Å². The standard InChI is InChI=1S/C18H18ClF3N2O2.C12H6Cl2F3NO2.C6H13N/c1-12-7-10-24(11-8-12)17-16(19)15(6-9-23-17)25-13-2-4-14(5-3-13)26-18(20,21)22;13-10-9(5-6-18-11(10)14)19-7-1-3-8(4-2-7)20-12(15,16)17;1-6-2-4-7-5-3-6/h2-6,9,12H,7-8,10-11H2,1H3;1-6H;6-7H,2-5H2,1H3. The molecule has 2 aromatic heterocycles. The molecule has 0 bridgehead atoms. The Morgan fingerprint density at radius 1 is 0.604 bits per heavy atom. The topological polar surface area (TPSA) is 78.0 Å². The molecule has 4 aromatic rings. The van der Waals surface area contributed by atoms with Crippen molar-refractivity contribution in [3.63, 3.8) is 0 Å². The fourth-order valence-electron chi connectivity index (χ4n) is 5.05. The van der Waals surface area contributed by atoms with Gasteiger partial charge >= 0.3 is 12.7 Å². The summed E-state index contributed by atoms with van der Waals surface area (Å²) in [5.74, 6) is 2.94. The largest absolute Gasteiger partial charge is 0.573 e. The highest BCUT2D eigenvalue weighted by molar-refractivity contribution is 6.42. The number of pyridine rings is 2. The van der Waals surface area contributed by atoms with Crippen molar-refractivity contribution in [2.45, 2.75) is 52.3 Å². The number of hydrogen-bond acceptors (Lipinski definition) is 8. The van der Waals surface area contributed by atoms with E-state index in [2.05, 4.69) is 43.5 Å². The number of anilines is 1. The van der Waals surface area contributed by atoms with E-state index in [0.29, 0.717) is 28.3 Å². The molecule has 4 heterocycles. The van der Waals surface area contributed by atoms with Crippen LogP contribution in [0.4, 0.5) is 32.2 Å². The lowest BCUT2D eigenvalue weighted by Crippen LogP contribution is -2.33. The Hall–Kier alpha value is -3.85. The molecule has 2 aromatic carbocycles. The molecule has 0 spiro atoms. The molecular formula is C36H37Cl3F6N4O4. The first-order valence-corrected chi connectivity index (χ1v) is 17.7. The fraction of sp³-hybridized carbons (Fsp3) is 0.389. The summed E-state index contributed by atoms with van der Waals surface area (Å²) in [6, 6.07) is 13.1. The van der Waals surface area contributed by atoms with Gasteiger partial charge in [0.2, 0.25) is 0 Å². The van der Waals surface area contributed by atoms with E-state index in [1.807, 2.05) is 0 Å². The zero-order valence-electron chi connectivity index (χ0n) is 28.6. The van der Waals surface area contributed by atoms with Crippen molar-refractivity contribution >= 4 is 40.6 Å². The summed E-state index contributed by atoms with van der Waals surface area (Å²) in [6.07, 6.45) is -1.56. The molecule has 0 amide bonds. The number of nitrogens with zero attached hydrogens (tertiary/aromatic N) is 3. The van der Waals surface area contributed by atoms with E-state index < -0.39 is 12.7 Å². The van der Waals surface area contributed by atoms with Gasteiger partial charge in [-0.25, -0.2) is 9.97 Å². The number of alkyl halides is 6. The molecule has 1 N–H and O–H groups in total. The lowest BCUT2D eigenvalue weighted by Gasteiger charge is -2.31. The predicted octanol–water partition coefficient (Wildman–Crippen LogP) is 11.7. The first-order valence-electron chi connectivity index (χ1n) is 16.5. The number of piperidine rings is 2. The zero-order chi connectivity index (χ0) is 38.6. The summed E-state index contributed by atoms with van der Waals surface area (Å²) in [5, 5.41) is 3.89. The molecule has 2 aliphatic rings. The minimum atomic E-state index is -4.73. The molecule has 0 aliphatic carbocycles. The van der Waals surface area contributed by atoms with Crippen LogP contribution >= 0.6 is 34.8 Å². The summed E-state index contributed by atoms with van der Waals surface area (Å²) in [5.41, 5.74) is 0. The van der Waals surface area contributed by atoms with Gasteiger partial charge in [0.1, 0.15) is 33.0 Å². The molecule has 2 aliphatic heterocycles. The van der Waals surface area contributed by atoms with Gasteiger partial charge in [0.15, 0.2) is 22.5 Å². The van der Waals surface area contributed by atoms with Crippen molar-refractivity contribution in [3.05, 3.63) is 88.3 Å². The van der Waals surface area contributed by atoms with Crippen molar-refractivity contribution < 1.29 is 45.3 Å². The highest BCUT2D eigenvalue weighted by atomic mass is 35.5. The minimum absolute atomic E-state index is 0.0705. The Balaban J connectivity index is 0.000000204.